The predicted octanol–water partition coefficient (Wildman–Crippen LogP) is 2.41. The Kier molecular flexibility index (Phi) is 4.27. The molecule has 5 heteroatoms. The van der Waals surface area contributed by atoms with Crippen molar-refractivity contribution in [3.05, 3.63) is 11.3 Å². The molecule has 1 aromatic heterocycles. The number of ketones is 1. The molecule has 0 atom stereocenters. The van der Waals surface area contributed by atoms with Crippen molar-refractivity contribution >= 4 is 22.3 Å². The number of hydrogen-bond acceptors (Lipinski definition) is 5. The number of nitrogens with one attached hydrogen (secondary N) is 1. The number of nitrogens with zero attached hydrogens (tertiary/aromatic N) is 2. The van der Waals surface area contributed by atoms with Gasteiger partial charge in [0, 0.05) is 12.1 Å². The SMILES string of the molecule is CC(=O)c1c(C)nsc1NCC(C)(C)N(C)C. The average Bonchev–Trinajstić information content (AvgIpc) is 2.56. The van der Waals surface area contributed by atoms with Crippen LogP contribution in [0.4, 0.5) is 5.00 Å². The summed E-state index contributed by atoms with van der Waals surface area (Å²) in [6.07, 6.45) is 0. The van der Waals surface area contributed by atoms with E-state index in [4.69, 9.17) is 0 Å². The molecule has 0 aromatic carbocycles. The van der Waals surface area contributed by atoms with Crippen LogP contribution in [-0.4, -0.2) is 41.2 Å². The molecule has 0 saturated carbocycles. The van der Waals surface area contributed by atoms with Crippen LogP contribution in [0.3, 0.4) is 0 Å². The molecule has 4 nitrogen and oxygen atoms in total. The van der Waals surface area contributed by atoms with E-state index >= 15 is 0 Å². The zero-order valence-electron chi connectivity index (χ0n) is 11.4. The zero-order chi connectivity index (χ0) is 13.2. The van der Waals surface area contributed by atoms with Crippen molar-refractivity contribution in [3.8, 4) is 0 Å². The van der Waals surface area contributed by atoms with E-state index in [-0.39, 0.29) is 11.3 Å². The van der Waals surface area contributed by atoms with Gasteiger partial charge in [0.25, 0.3) is 0 Å². The maximum absolute atomic E-state index is 11.5. The van der Waals surface area contributed by atoms with E-state index in [2.05, 4.69) is 28.4 Å². The van der Waals surface area contributed by atoms with E-state index in [1.54, 1.807) is 6.92 Å². The summed E-state index contributed by atoms with van der Waals surface area (Å²) < 4.78 is 4.23. The molecule has 1 heterocycles. The van der Waals surface area contributed by atoms with Crippen molar-refractivity contribution in [2.24, 2.45) is 0 Å². The van der Waals surface area contributed by atoms with Gasteiger partial charge in [-0.15, -0.1) is 0 Å². The summed E-state index contributed by atoms with van der Waals surface area (Å²) in [7, 11) is 4.09. The lowest BCUT2D eigenvalue weighted by Crippen LogP contribution is -2.44. The van der Waals surface area contributed by atoms with Gasteiger partial charge in [-0.25, -0.2) is 0 Å². The van der Waals surface area contributed by atoms with Crippen LogP contribution in [-0.2, 0) is 0 Å². The van der Waals surface area contributed by atoms with E-state index in [1.807, 2.05) is 21.0 Å². The second-order valence-electron chi connectivity index (χ2n) is 5.09. The van der Waals surface area contributed by atoms with E-state index in [1.165, 1.54) is 11.5 Å². The highest BCUT2D eigenvalue weighted by atomic mass is 32.1. The summed E-state index contributed by atoms with van der Waals surface area (Å²) in [5, 5.41) is 4.21. The first-order valence-corrected chi connectivity index (χ1v) is 6.41. The van der Waals surface area contributed by atoms with Crippen molar-refractivity contribution in [2.75, 3.05) is 26.0 Å². The van der Waals surface area contributed by atoms with Gasteiger partial charge in [-0.05, 0) is 53.3 Å². The third kappa shape index (κ3) is 3.26. The molecule has 0 fully saturated rings. The minimum absolute atomic E-state index is 0.0337. The monoisotopic (exact) mass is 255 g/mol. The van der Waals surface area contributed by atoms with Crippen LogP contribution in [0.2, 0.25) is 0 Å². The van der Waals surface area contributed by atoms with Crippen LogP contribution < -0.4 is 5.32 Å². The fraction of sp³-hybridized carbons (Fsp3) is 0.667. The Balaban J connectivity index is 2.80. The standard InChI is InChI=1S/C12H21N3OS/c1-8-10(9(2)16)11(17-14-8)13-7-12(3,4)15(5)6/h13H,7H2,1-6H3. The Morgan fingerprint density at radius 2 is 2.06 bits per heavy atom. The first-order chi connectivity index (χ1) is 7.75. The maximum atomic E-state index is 11.5. The van der Waals surface area contributed by atoms with Crippen molar-refractivity contribution in [3.63, 3.8) is 0 Å². The number of aryl methyl sites for hydroxylation is 1. The van der Waals surface area contributed by atoms with Crippen molar-refractivity contribution in [1.82, 2.24) is 9.27 Å². The molecular weight excluding hydrogens is 234 g/mol. The fourth-order valence-corrected chi connectivity index (χ4v) is 2.20. The Bertz CT molecular complexity index is 410. The van der Waals surface area contributed by atoms with Crippen LogP contribution >= 0.6 is 11.5 Å². The average molecular weight is 255 g/mol. The second kappa shape index (κ2) is 5.14. The summed E-state index contributed by atoms with van der Waals surface area (Å²) in [6.45, 7) is 8.54. The number of carbonyl (C=O) groups excluding carboxylic acids is 1. The van der Waals surface area contributed by atoms with E-state index in [9.17, 15) is 4.79 Å². The third-order valence-corrected chi connectivity index (χ3v) is 4.00. The minimum atomic E-state index is 0.0337. The Morgan fingerprint density at radius 3 is 2.53 bits per heavy atom. The molecule has 96 valence electrons. The highest BCUT2D eigenvalue weighted by Gasteiger charge is 2.22. The zero-order valence-corrected chi connectivity index (χ0v) is 12.2. The normalized spacial score (nSPS) is 11.9. The Morgan fingerprint density at radius 1 is 1.47 bits per heavy atom. The number of rotatable bonds is 5. The van der Waals surface area contributed by atoms with E-state index < -0.39 is 0 Å². The van der Waals surface area contributed by atoms with Gasteiger partial charge in [0.15, 0.2) is 5.78 Å². The maximum Gasteiger partial charge on any atom is 0.164 e. The predicted molar refractivity (Wildman–Crippen MR) is 73.1 cm³/mol. The summed E-state index contributed by atoms with van der Waals surface area (Å²) in [4.78, 5) is 13.7. The van der Waals surface area contributed by atoms with Gasteiger partial charge in [0.1, 0.15) is 5.00 Å². The van der Waals surface area contributed by atoms with Gasteiger partial charge in [0.05, 0.1) is 11.3 Å². The first-order valence-electron chi connectivity index (χ1n) is 5.64. The summed E-state index contributed by atoms with van der Waals surface area (Å²) in [6, 6.07) is 0. The number of aromatic nitrogens is 1. The highest BCUT2D eigenvalue weighted by Crippen LogP contribution is 2.25. The number of carbonyl (C=O) groups is 1. The van der Waals surface area contributed by atoms with Gasteiger partial charge in [0.2, 0.25) is 0 Å². The molecule has 0 aliphatic carbocycles. The minimum Gasteiger partial charge on any atom is -0.373 e. The van der Waals surface area contributed by atoms with Gasteiger partial charge >= 0.3 is 0 Å². The second-order valence-corrected chi connectivity index (χ2v) is 5.86. The van der Waals surface area contributed by atoms with Crippen LogP contribution in [0.25, 0.3) is 0 Å². The van der Waals surface area contributed by atoms with Crippen LogP contribution in [0.1, 0.15) is 36.8 Å². The Labute approximate surface area is 107 Å². The lowest BCUT2D eigenvalue weighted by molar-refractivity contribution is 0.101. The molecule has 0 bridgehead atoms. The molecule has 1 aromatic rings. The van der Waals surface area contributed by atoms with Gasteiger partial charge in [-0.3, -0.25) is 4.79 Å². The molecule has 17 heavy (non-hydrogen) atoms. The number of Topliss-reactive ketones (excluding diaryl/α,β-unsaturated/α-hetero) is 1. The van der Waals surface area contributed by atoms with Crippen molar-refractivity contribution in [2.45, 2.75) is 33.2 Å². The molecule has 0 amide bonds. The summed E-state index contributed by atoms with van der Waals surface area (Å²) in [5.74, 6) is 0.0707. The van der Waals surface area contributed by atoms with Gasteiger partial charge in [-0.1, -0.05) is 0 Å². The lowest BCUT2D eigenvalue weighted by Gasteiger charge is -2.32. The van der Waals surface area contributed by atoms with Crippen LogP contribution in [0.15, 0.2) is 0 Å². The topological polar surface area (TPSA) is 45.2 Å². The quantitative estimate of drug-likeness (QED) is 0.821. The van der Waals surface area contributed by atoms with Crippen molar-refractivity contribution in [1.29, 1.82) is 0 Å². The largest absolute Gasteiger partial charge is 0.373 e. The van der Waals surface area contributed by atoms with Gasteiger partial charge in [-0.2, -0.15) is 4.37 Å². The highest BCUT2D eigenvalue weighted by molar-refractivity contribution is 7.10. The molecule has 0 spiro atoms. The molecule has 1 rings (SSSR count). The molecule has 0 saturated heterocycles. The number of likely N-dealkylation sites (N-methyl/N-ethyl adjacent to an activating group) is 1. The molecule has 0 unspecified atom stereocenters. The summed E-state index contributed by atoms with van der Waals surface area (Å²) >= 11 is 1.36. The molecule has 0 aliphatic rings. The number of anilines is 1. The van der Waals surface area contributed by atoms with Gasteiger partial charge < -0.3 is 10.2 Å². The number of hydrogen-bond donors (Lipinski definition) is 1. The fourth-order valence-electron chi connectivity index (χ4n) is 1.36. The van der Waals surface area contributed by atoms with Crippen LogP contribution in [0.5, 0.6) is 0 Å². The first kappa shape index (κ1) is 14.1. The third-order valence-electron chi connectivity index (χ3n) is 3.11. The van der Waals surface area contributed by atoms with E-state index in [0.717, 1.165) is 22.8 Å². The van der Waals surface area contributed by atoms with Crippen LogP contribution in [0, 0.1) is 6.92 Å². The Hall–Kier alpha value is -0.940. The summed E-state index contributed by atoms with van der Waals surface area (Å²) in [5.41, 5.74) is 1.57. The lowest BCUT2D eigenvalue weighted by atomic mass is 10.0. The van der Waals surface area contributed by atoms with Crippen molar-refractivity contribution < 1.29 is 4.79 Å². The smallest absolute Gasteiger partial charge is 0.164 e. The van der Waals surface area contributed by atoms with E-state index in [0.29, 0.717) is 0 Å². The molecule has 0 aliphatic heterocycles. The molecule has 1 N–H and O–H groups in total. The molecular formula is C12H21N3OS. The molecule has 0 radical (unpaired) electrons.